The lowest BCUT2D eigenvalue weighted by Gasteiger charge is -2.31. The molecule has 1 aliphatic heterocycles. The van der Waals surface area contributed by atoms with Crippen LogP contribution in [0.4, 0.5) is 0 Å². The number of nitrogens with zero attached hydrogens (tertiary/aromatic N) is 5. The predicted molar refractivity (Wildman–Crippen MR) is 117 cm³/mol. The first kappa shape index (κ1) is 20.4. The van der Waals surface area contributed by atoms with Crippen LogP contribution < -0.4 is 0 Å². The zero-order valence-corrected chi connectivity index (χ0v) is 18.2. The van der Waals surface area contributed by atoms with Crippen molar-refractivity contribution in [2.24, 2.45) is 7.05 Å². The third-order valence-electron chi connectivity index (χ3n) is 5.85. The topological polar surface area (TPSA) is 111 Å². The molecule has 0 radical (unpaired) electrons. The molecule has 2 aromatic carbocycles. The largest absolute Gasteiger partial charge is 0.355 e. The molecule has 0 unspecified atom stereocenters. The Morgan fingerprint density at radius 3 is 2.53 bits per heavy atom. The summed E-state index contributed by atoms with van der Waals surface area (Å²) in [5, 5.41) is 11.7. The van der Waals surface area contributed by atoms with Gasteiger partial charge in [-0.05, 0) is 31.0 Å². The zero-order chi connectivity index (χ0) is 22.3. The van der Waals surface area contributed by atoms with E-state index in [-0.39, 0.29) is 11.1 Å². The number of fused-ring (bicyclic) bond motifs is 1. The van der Waals surface area contributed by atoms with E-state index in [2.05, 4.69) is 15.4 Å². The summed E-state index contributed by atoms with van der Waals surface area (Å²) < 4.78 is 32.7. The fourth-order valence-electron chi connectivity index (χ4n) is 4.10. The molecule has 32 heavy (non-hydrogen) atoms. The number of aryl methyl sites for hydroxylation is 1. The van der Waals surface area contributed by atoms with Gasteiger partial charge in [-0.3, -0.25) is 4.79 Å². The molecule has 10 heteroatoms. The van der Waals surface area contributed by atoms with Crippen molar-refractivity contribution in [2.45, 2.75) is 23.2 Å². The van der Waals surface area contributed by atoms with Gasteiger partial charge in [0.2, 0.25) is 15.0 Å². The number of hydrogen-bond acceptors (Lipinski definition) is 7. The van der Waals surface area contributed by atoms with Gasteiger partial charge in [-0.2, -0.15) is 0 Å². The highest BCUT2D eigenvalue weighted by atomic mass is 32.2. The summed E-state index contributed by atoms with van der Waals surface area (Å²) in [5.74, 6) is 0.477. The molecule has 0 bridgehead atoms. The minimum atomic E-state index is -3.59. The van der Waals surface area contributed by atoms with E-state index in [1.807, 2.05) is 30.3 Å². The van der Waals surface area contributed by atoms with Crippen molar-refractivity contribution < 1.29 is 17.7 Å². The Hall–Kier alpha value is -3.53. The summed E-state index contributed by atoms with van der Waals surface area (Å²) in [6.07, 6.45) is 2.08. The maximum atomic E-state index is 13.2. The number of carbonyl (C=O) groups is 1. The molecule has 1 saturated heterocycles. The Bertz CT molecular complexity index is 1390. The van der Waals surface area contributed by atoms with Crippen LogP contribution in [0.1, 0.15) is 23.2 Å². The van der Waals surface area contributed by atoms with E-state index in [0.717, 1.165) is 10.9 Å². The van der Waals surface area contributed by atoms with E-state index in [4.69, 9.17) is 4.52 Å². The average molecular weight is 452 g/mol. The van der Waals surface area contributed by atoms with Crippen molar-refractivity contribution in [3.63, 3.8) is 0 Å². The first-order valence-electron chi connectivity index (χ1n) is 10.3. The lowest BCUT2D eigenvalue weighted by Crippen LogP contribution is -2.42. The number of amides is 1. The van der Waals surface area contributed by atoms with E-state index >= 15 is 0 Å². The number of benzene rings is 2. The predicted octanol–water partition coefficient (Wildman–Crippen LogP) is 2.70. The molecule has 0 aliphatic carbocycles. The fourth-order valence-corrected chi connectivity index (χ4v) is 5.84. The fraction of sp³-hybridized carbons (Fsp3) is 0.273. The van der Waals surface area contributed by atoms with E-state index < -0.39 is 15.1 Å². The molecule has 0 spiro atoms. The number of rotatable bonds is 4. The molecule has 3 heterocycles. The van der Waals surface area contributed by atoms with Crippen LogP contribution in [-0.2, 0) is 16.9 Å². The summed E-state index contributed by atoms with van der Waals surface area (Å²) in [6.45, 7) is 0.710. The lowest BCUT2D eigenvalue weighted by atomic mass is 10.0. The minimum absolute atomic E-state index is 0.0337. The second kappa shape index (κ2) is 7.86. The molecule has 9 nitrogen and oxygen atoms in total. The van der Waals surface area contributed by atoms with E-state index in [0.29, 0.717) is 42.8 Å². The first-order valence-corrected chi connectivity index (χ1v) is 11.8. The van der Waals surface area contributed by atoms with E-state index in [9.17, 15) is 13.2 Å². The zero-order valence-electron chi connectivity index (χ0n) is 17.4. The highest BCUT2D eigenvalue weighted by molar-refractivity contribution is 7.91. The summed E-state index contributed by atoms with van der Waals surface area (Å²) in [5.41, 5.74) is 2.08. The molecule has 2 aromatic heterocycles. The normalized spacial score (nSPS) is 15.3. The first-order chi connectivity index (χ1) is 15.4. The van der Waals surface area contributed by atoms with Crippen LogP contribution in [0.5, 0.6) is 0 Å². The van der Waals surface area contributed by atoms with Crippen molar-refractivity contribution in [3.05, 3.63) is 60.4 Å². The lowest BCUT2D eigenvalue weighted by molar-refractivity contribution is 0.0725. The second-order valence-electron chi connectivity index (χ2n) is 7.87. The van der Waals surface area contributed by atoms with Crippen LogP contribution in [0.3, 0.4) is 0 Å². The average Bonchev–Trinajstić information content (AvgIpc) is 3.45. The number of hydrogen-bond donors (Lipinski definition) is 0. The van der Waals surface area contributed by atoms with Crippen LogP contribution in [0.25, 0.3) is 22.2 Å². The summed E-state index contributed by atoms with van der Waals surface area (Å²) >= 11 is 0. The van der Waals surface area contributed by atoms with Crippen LogP contribution in [0.15, 0.2) is 64.5 Å². The standard InChI is InChI=1S/C22H21N5O4S/c1-26-14-23-24-22(26)32(29,30)17-9-11-27(12-10-17)21(28)16-7-8-19-18(13-16)20(31-25-19)15-5-3-2-4-6-15/h2-8,13-14,17H,9-12H2,1H3. The molecule has 0 saturated carbocycles. The van der Waals surface area contributed by atoms with Crippen molar-refractivity contribution in [1.29, 1.82) is 0 Å². The van der Waals surface area contributed by atoms with Gasteiger partial charge >= 0.3 is 0 Å². The molecule has 0 N–H and O–H groups in total. The number of carbonyl (C=O) groups excluding carboxylic acids is 1. The van der Waals surface area contributed by atoms with Crippen molar-refractivity contribution in [2.75, 3.05) is 13.1 Å². The third kappa shape index (κ3) is 3.46. The monoisotopic (exact) mass is 451 g/mol. The molecule has 0 atom stereocenters. The van der Waals surface area contributed by atoms with Crippen molar-refractivity contribution >= 4 is 26.6 Å². The Morgan fingerprint density at radius 1 is 1.09 bits per heavy atom. The number of aromatic nitrogens is 4. The minimum Gasteiger partial charge on any atom is -0.355 e. The van der Waals surface area contributed by atoms with Gasteiger partial charge in [0.05, 0.1) is 10.6 Å². The van der Waals surface area contributed by atoms with Gasteiger partial charge in [-0.15, -0.1) is 10.2 Å². The molecule has 1 aliphatic rings. The van der Waals surface area contributed by atoms with E-state index in [1.54, 1.807) is 30.1 Å². The van der Waals surface area contributed by atoms with Crippen LogP contribution >= 0.6 is 0 Å². The van der Waals surface area contributed by atoms with Gasteiger partial charge in [-0.25, -0.2) is 8.42 Å². The van der Waals surface area contributed by atoms with Gasteiger partial charge in [0.25, 0.3) is 5.91 Å². The number of piperidine rings is 1. The van der Waals surface area contributed by atoms with Crippen molar-refractivity contribution in [3.8, 4) is 11.3 Å². The maximum absolute atomic E-state index is 13.2. The Kier molecular flexibility index (Phi) is 5.01. The molecule has 5 rings (SSSR count). The van der Waals surface area contributed by atoms with Crippen molar-refractivity contribution in [1.82, 2.24) is 24.8 Å². The molecule has 164 valence electrons. The van der Waals surface area contributed by atoms with Gasteiger partial charge in [0.15, 0.2) is 5.76 Å². The quantitative estimate of drug-likeness (QED) is 0.469. The molecular formula is C22H21N5O4S. The molecule has 1 amide bonds. The molecular weight excluding hydrogens is 430 g/mol. The SMILES string of the molecule is Cn1cnnc1S(=O)(=O)C1CCN(C(=O)c2ccc3noc(-c4ccccc4)c3c2)CC1. The summed E-state index contributed by atoms with van der Waals surface area (Å²) in [6, 6.07) is 14.9. The second-order valence-corrected chi connectivity index (χ2v) is 9.99. The smallest absolute Gasteiger partial charge is 0.253 e. The maximum Gasteiger partial charge on any atom is 0.253 e. The van der Waals surface area contributed by atoms with Gasteiger partial charge < -0.3 is 14.0 Å². The van der Waals surface area contributed by atoms with Crippen LogP contribution in [0.2, 0.25) is 0 Å². The summed E-state index contributed by atoms with van der Waals surface area (Å²) in [4.78, 5) is 14.8. The Morgan fingerprint density at radius 2 is 1.84 bits per heavy atom. The highest BCUT2D eigenvalue weighted by Gasteiger charge is 2.35. The van der Waals surface area contributed by atoms with Crippen LogP contribution in [0, 0.1) is 0 Å². The Labute approximate surface area is 184 Å². The van der Waals surface area contributed by atoms with E-state index in [1.165, 1.54) is 10.9 Å². The Balaban J connectivity index is 1.35. The molecule has 1 fully saturated rings. The van der Waals surface area contributed by atoms with Gasteiger partial charge in [-0.1, -0.05) is 35.5 Å². The van der Waals surface area contributed by atoms with Gasteiger partial charge in [0, 0.05) is 31.3 Å². The van der Waals surface area contributed by atoms with Gasteiger partial charge in [0.1, 0.15) is 11.8 Å². The molecule has 4 aromatic rings. The summed E-state index contributed by atoms with van der Waals surface area (Å²) in [7, 11) is -1.98. The highest BCUT2D eigenvalue weighted by Crippen LogP contribution is 2.30. The number of sulfone groups is 1. The third-order valence-corrected chi connectivity index (χ3v) is 8.08. The van der Waals surface area contributed by atoms with Crippen LogP contribution in [-0.4, -0.2) is 57.5 Å². The number of likely N-dealkylation sites (tertiary alicyclic amines) is 1.